The summed E-state index contributed by atoms with van der Waals surface area (Å²) >= 11 is 0. The molecule has 0 heterocycles. The first-order valence-electron chi connectivity index (χ1n) is 8.61. The molecule has 1 amide bonds. The number of carbonyl (C=O) groups excluding carboxylic acids is 1. The van der Waals surface area contributed by atoms with Crippen molar-refractivity contribution < 1.29 is 9.72 Å². The number of nitro benzene ring substituents is 1. The first-order valence-corrected chi connectivity index (χ1v) is 8.61. The highest BCUT2D eigenvalue weighted by atomic mass is 16.6. The Labute approximate surface area is 147 Å². The number of benzene rings is 2. The molecule has 1 aliphatic rings. The Morgan fingerprint density at radius 3 is 2.36 bits per heavy atom. The molecule has 5 nitrogen and oxygen atoms in total. The molecule has 2 aromatic rings. The number of carbonyl (C=O) groups is 1. The number of nitrogens with zero attached hydrogens (tertiary/aromatic N) is 1. The van der Waals surface area contributed by atoms with Crippen molar-refractivity contribution >= 4 is 11.6 Å². The fourth-order valence-electron chi connectivity index (χ4n) is 3.14. The second kappa shape index (κ2) is 7.05. The van der Waals surface area contributed by atoms with E-state index < -0.39 is 10.3 Å². The lowest BCUT2D eigenvalue weighted by atomic mass is 9.94. The van der Waals surface area contributed by atoms with E-state index >= 15 is 0 Å². The van der Waals surface area contributed by atoms with Gasteiger partial charge in [0.25, 0.3) is 5.69 Å². The summed E-state index contributed by atoms with van der Waals surface area (Å²) in [6.07, 6.45) is 3.39. The number of rotatable bonds is 7. The fourth-order valence-corrected chi connectivity index (χ4v) is 3.14. The van der Waals surface area contributed by atoms with Crippen LogP contribution in [-0.2, 0) is 16.6 Å². The lowest BCUT2D eigenvalue weighted by Gasteiger charge is -2.20. The summed E-state index contributed by atoms with van der Waals surface area (Å²) in [5, 5.41) is 13.9. The highest BCUT2D eigenvalue weighted by Gasteiger charge is 2.51. The molecule has 1 N–H and O–H groups in total. The number of hydrogen-bond donors (Lipinski definition) is 1. The zero-order valence-corrected chi connectivity index (χ0v) is 14.3. The fraction of sp³-hybridized carbons (Fsp3) is 0.350. The Hall–Kier alpha value is -2.69. The molecule has 1 atom stereocenters. The Balaban J connectivity index is 1.59. The smallest absolute Gasteiger partial charge is 0.269 e. The third kappa shape index (κ3) is 3.87. The van der Waals surface area contributed by atoms with Crippen LogP contribution in [0.15, 0.2) is 54.6 Å². The van der Waals surface area contributed by atoms with Crippen LogP contribution in [0.2, 0.25) is 0 Å². The SMILES string of the molecule is C[C@H](CCc1ccccc1)NC(=O)C1(c2ccc([N+](=O)[O-])cc2)CC1. The van der Waals surface area contributed by atoms with Crippen LogP contribution in [0.25, 0.3) is 0 Å². The summed E-state index contributed by atoms with van der Waals surface area (Å²) in [6, 6.07) is 16.7. The number of aryl methyl sites for hydroxylation is 1. The van der Waals surface area contributed by atoms with Gasteiger partial charge in [-0.2, -0.15) is 0 Å². The van der Waals surface area contributed by atoms with Gasteiger partial charge >= 0.3 is 0 Å². The van der Waals surface area contributed by atoms with Crippen molar-refractivity contribution in [1.29, 1.82) is 0 Å². The average molecular weight is 338 g/mol. The van der Waals surface area contributed by atoms with E-state index in [1.807, 2.05) is 25.1 Å². The molecule has 0 unspecified atom stereocenters. The van der Waals surface area contributed by atoms with Crippen LogP contribution < -0.4 is 5.32 Å². The first-order chi connectivity index (χ1) is 12.0. The largest absolute Gasteiger partial charge is 0.353 e. The van der Waals surface area contributed by atoms with Crippen molar-refractivity contribution in [2.75, 3.05) is 0 Å². The first kappa shape index (κ1) is 17.1. The molecule has 0 saturated heterocycles. The molecule has 0 spiro atoms. The summed E-state index contributed by atoms with van der Waals surface area (Å²) in [4.78, 5) is 23.1. The molecule has 25 heavy (non-hydrogen) atoms. The van der Waals surface area contributed by atoms with Gasteiger partial charge in [0.05, 0.1) is 10.3 Å². The van der Waals surface area contributed by atoms with Gasteiger partial charge in [-0.3, -0.25) is 14.9 Å². The van der Waals surface area contributed by atoms with Crippen LogP contribution in [-0.4, -0.2) is 16.9 Å². The Bertz CT molecular complexity index is 752. The Kier molecular flexibility index (Phi) is 4.83. The Morgan fingerprint density at radius 2 is 1.80 bits per heavy atom. The van der Waals surface area contributed by atoms with E-state index in [2.05, 4.69) is 17.4 Å². The predicted octanol–water partition coefficient (Wildman–Crippen LogP) is 3.76. The molecular weight excluding hydrogens is 316 g/mol. The number of non-ortho nitro benzene ring substituents is 1. The van der Waals surface area contributed by atoms with E-state index in [1.54, 1.807) is 12.1 Å². The van der Waals surface area contributed by atoms with Crippen LogP contribution in [0, 0.1) is 10.1 Å². The highest BCUT2D eigenvalue weighted by molar-refractivity contribution is 5.91. The van der Waals surface area contributed by atoms with E-state index in [-0.39, 0.29) is 17.6 Å². The molecule has 1 saturated carbocycles. The van der Waals surface area contributed by atoms with Gasteiger partial charge in [-0.05, 0) is 43.7 Å². The second-order valence-corrected chi connectivity index (χ2v) is 6.78. The lowest BCUT2D eigenvalue weighted by Crippen LogP contribution is -2.40. The zero-order chi connectivity index (χ0) is 17.9. The molecule has 130 valence electrons. The van der Waals surface area contributed by atoms with E-state index in [1.165, 1.54) is 17.7 Å². The van der Waals surface area contributed by atoms with Gasteiger partial charge in [-0.15, -0.1) is 0 Å². The quantitative estimate of drug-likeness (QED) is 0.617. The molecule has 0 aliphatic heterocycles. The highest BCUT2D eigenvalue weighted by Crippen LogP contribution is 2.48. The van der Waals surface area contributed by atoms with E-state index in [0.29, 0.717) is 0 Å². The third-order valence-corrected chi connectivity index (χ3v) is 4.90. The summed E-state index contributed by atoms with van der Waals surface area (Å²) in [5.74, 6) is 0.0296. The normalized spacial score (nSPS) is 16.0. The van der Waals surface area contributed by atoms with Gasteiger partial charge in [0.2, 0.25) is 5.91 Å². The molecule has 2 aromatic carbocycles. The van der Waals surface area contributed by atoms with Gasteiger partial charge in [-0.25, -0.2) is 0 Å². The number of hydrogen-bond acceptors (Lipinski definition) is 3. The topological polar surface area (TPSA) is 72.2 Å². The van der Waals surface area contributed by atoms with Crippen LogP contribution in [0.5, 0.6) is 0 Å². The summed E-state index contributed by atoms with van der Waals surface area (Å²) in [5.41, 5.74) is 1.68. The summed E-state index contributed by atoms with van der Waals surface area (Å²) in [7, 11) is 0. The summed E-state index contributed by atoms with van der Waals surface area (Å²) in [6.45, 7) is 2.02. The maximum atomic E-state index is 12.7. The minimum Gasteiger partial charge on any atom is -0.353 e. The minimum atomic E-state index is -0.504. The third-order valence-electron chi connectivity index (χ3n) is 4.90. The van der Waals surface area contributed by atoms with Crippen molar-refractivity contribution in [1.82, 2.24) is 5.32 Å². The lowest BCUT2D eigenvalue weighted by molar-refractivity contribution is -0.384. The molecule has 1 aliphatic carbocycles. The van der Waals surface area contributed by atoms with Gasteiger partial charge in [-0.1, -0.05) is 42.5 Å². The molecule has 1 fully saturated rings. The van der Waals surface area contributed by atoms with Crippen molar-refractivity contribution in [2.24, 2.45) is 0 Å². The second-order valence-electron chi connectivity index (χ2n) is 6.78. The van der Waals surface area contributed by atoms with Crippen LogP contribution >= 0.6 is 0 Å². The standard InChI is InChI=1S/C20H22N2O3/c1-15(7-8-16-5-3-2-4-6-16)21-19(23)20(13-14-20)17-9-11-18(12-10-17)22(24)25/h2-6,9-12,15H,7-8,13-14H2,1H3,(H,21,23)/t15-/m1/s1. The summed E-state index contributed by atoms with van der Waals surface area (Å²) < 4.78 is 0. The van der Waals surface area contributed by atoms with Crippen LogP contribution in [0.1, 0.15) is 37.3 Å². The van der Waals surface area contributed by atoms with E-state index in [4.69, 9.17) is 0 Å². The number of nitro groups is 1. The van der Waals surface area contributed by atoms with Crippen LogP contribution in [0.3, 0.4) is 0 Å². The van der Waals surface area contributed by atoms with Gasteiger partial charge in [0.15, 0.2) is 0 Å². The van der Waals surface area contributed by atoms with E-state index in [9.17, 15) is 14.9 Å². The predicted molar refractivity (Wildman–Crippen MR) is 96.4 cm³/mol. The molecular formula is C20H22N2O3. The van der Waals surface area contributed by atoms with E-state index in [0.717, 1.165) is 31.2 Å². The van der Waals surface area contributed by atoms with Crippen LogP contribution in [0.4, 0.5) is 5.69 Å². The van der Waals surface area contributed by atoms with Gasteiger partial charge in [0.1, 0.15) is 0 Å². The van der Waals surface area contributed by atoms with Gasteiger partial charge < -0.3 is 5.32 Å². The van der Waals surface area contributed by atoms with Crippen molar-refractivity contribution in [3.05, 3.63) is 75.8 Å². The molecule has 0 radical (unpaired) electrons. The monoisotopic (exact) mass is 338 g/mol. The van der Waals surface area contributed by atoms with Gasteiger partial charge in [0, 0.05) is 18.2 Å². The molecule has 0 bridgehead atoms. The number of amides is 1. The molecule has 3 rings (SSSR count). The minimum absolute atomic E-state index is 0.0296. The molecule has 0 aromatic heterocycles. The average Bonchev–Trinajstić information content (AvgIpc) is 3.43. The maximum Gasteiger partial charge on any atom is 0.269 e. The Morgan fingerprint density at radius 1 is 1.16 bits per heavy atom. The zero-order valence-electron chi connectivity index (χ0n) is 14.3. The van der Waals surface area contributed by atoms with Crippen molar-refractivity contribution in [2.45, 2.75) is 44.1 Å². The maximum absolute atomic E-state index is 12.7. The number of nitrogens with one attached hydrogen (secondary N) is 1. The van der Waals surface area contributed by atoms with Crippen molar-refractivity contribution in [3.8, 4) is 0 Å². The molecule has 5 heteroatoms. The van der Waals surface area contributed by atoms with Crippen molar-refractivity contribution in [3.63, 3.8) is 0 Å².